The summed E-state index contributed by atoms with van der Waals surface area (Å²) in [6, 6.07) is 0. The Labute approximate surface area is 111 Å². The van der Waals surface area contributed by atoms with Crippen LogP contribution in [0.15, 0.2) is 0 Å². The average molecular weight is 347 g/mol. The third-order valence-electron chi connectivity index (χ3n) is 2.97. The molecule has 0 spiro atoms. The second-order valence-electron chi connectivity index (χ2n) is 5.65. The minimum absolute atomic E-state index is 0.369. The van der Waals surface area contributed by atoms with E-state index in [9.17, 15) is 15.0 Å². The summed E-state index contributed by atoms with van der Waals surface area (Å²) in [7, 11) is 1.69. The first kappa shape index (κ1) is 15.1. The number of carbonyl (C=O) groups is 1. The Balaban J connectivity index is 2.62. The first-order chi connectivity index (χ1) is 7.72. The van der Waals surface area contributed by atoms with E-state index < -0.39 is 37.3 Å². The molecule has 1 aliphatic heterocycles. The minimum atomic E-state index is -2.62. The second-order valence-corrected chi connectivity index (χ2v) is 14.7. The van der Waals surface area contributed by atoms with Gasteiger partial charge in [0.25, 0.3) is 0 Å². The zero-order valence-corrected chi connectivity index (χ0v) is 14.3. The van der Waals surface area contributed by atoms with E-state index in [1.54, 1.807) is 9.94 Å². The molecule has 0 aliphatic carbocycles. The van der Waals surface area contributed by atoms with Gasteiger partial charge in [0.2, 0.25) is 0 Å². The van der Waals surface area contributed by atoms with E-state index >= 15 is 0 Å². The monoisotopic (exact) mass is 347 g/mol. The van der Waals surface area contributed by atoms with Gasteiger partial charge in [-0.05, 0) is 0 Å². The number of carbonyl (C=O) groups excluding carboxylic acids is 1. The summed E-state index contributed by atoms with van der Waals surface area (Å²) in [5.41, 5.74) is -0.518. The molecule has 2 N–H and O–H groups in total. The van der Waals surface area contributed by atoms with Crippen molar-refractivity contribution in [3.63, 3.8) is 0 Å². The molecule has 1 rings (SSSR count). The maximum atomic E-state index is 11.9. The van der Waals surface area contributed by atoms with E-state index in [1.807, 2.05) is 20.8 Å². The van der Waals surface area contributed by atoms with Gasteiger partial charge < -0.3 is 0 Å². The number of amides is 1. The molecule has 0 bridgehead atoms. The van der Waals surface area contributed by atoms with Crippen molar-refractivity contribution in [1.82, 2.24) is 2.89 Å². The van der Waals surface area contributed by atoms with Crippen molar-refractivity contribution in [1.29, 1.82) is 0 Å². The van der Waals surface area contributed by atoms with Gasteiger partial charge in [0.1, 0.15) is 0 Å². The fraction of sp³-hybridized carbons (Fsp3) is 0.909. The third-order valence-corrected chi connectivity index (χ3v) is 12.8. The molecular weight excluding hydrogens is 325 g/mol. The molecule has 17 heavy (non-hydrogen) atoms. The summed E-state index contributed by atoms with van der Waals surface area (Å²) < 4.78 is 7.10. The maximum absolute atomic E-state index is 11.9. The van der Waals surface area contributed by atoms with Crippen molar-refractivity contribution in [3.05, 3.63) is 0 Å². The third kappa shape index (κ3) is 4.34. The molecular formula is C11H22InNO4. The summed E-state index contributed by atoms with van der Waals surface area (Å²) in [6.45, 7) is 5.46. The second kappa shape index (κ2) is 5.80. The number of aliphatic hydroxyl groups excluding tert-OH is 2. The molecule has 0 radical (unpaired) electrons. The predicted octanol–water partition coefficient (Wildman–Crippen LogP) is 0.900. The molecule has 1 saturated heterocycles. The molecule has 2 atom stereocenters. The Hall–Kier alpha value is 0.0601. The first-order valence-electron chi connectivity index (χ1n) is 6.04. The van der Waals surface area contributed by atoms with Gasteiger partial charge in [-0.15, -0.1) is 0 Å². The van der Waals surface area contributed by atoms with Crippen molar-refractivity contribution in [2.45, 2.75) is 53.4 Å². The van der Waals surface area contributed by atoms with Gasteiger partial charge in [-0.25, -0.2) is 0 Å². The van der Waals surface area contributed by atoms with Gasteiger partial charge in [0, 0.05) is 0 Å². The normalized spacial score (nSPS) is 25.6. The van der Waals surface area contributed by atoms with Gasteiger partial charge in [0.05, 0.1) is 0 Å². The molecule has 1 amide bonds. The van der Waals surface area contributed by atoms with Crippen LogP contribution in [-0.4, -0.2) is 63.5 Å². The van der Waals surface area contributed by atoms with E-state index in [4.69, 9.17) is 4.74 Å². The number of hydrogen-bond acceptors (Lipinski definition) is 4. The van der Waals surface area contributed by atoms with Crippen LogP contribution in [0.25, 0.3) is 0 Å². The average Bonchev–Trinajstić information content (AvgIpc) is 2.18. The van der Waals surface area contributed by atoms with Crippen LogP contribution in [0.1, 0.15) is 33.6 Å². The molecule has 0 aromatic carbocycles. The van der Waals surface area contributed by atoms with Crippen LogP contribution in [0.2, 0.25) is 4.18 Å². The van der Waals surface area contributed by atoms with E-state index in [1.165, 1.54) is 0 Å². The van der Waals surface area contributed by atoms with Crippen LogP contribution in [-0.2, 0) is 4.74 Å². The van der Waals surface area contributed by atoms with E-state index in [0.29, 0.717) is 6.42 Å². The van der Waals surface area contributed by atoms with Crippen molar-refractivity contribution >= 4 is 27.8 Å². The van der Waals surface area contributed by atoms with E-state index in [0.717, 1.165) is 10.6 Å². The molecule has 0 aromatic heterocycles. The van der Waals surface area contributed by atoms with Gasteiger partial charge in [-0.1, -0.05) is 0 Å². The SMILES string of the molecule is C[N](C(=O)OC(C)(C)C)[In]1[CH2]CCC(O)[CH]1O. The van der Waals surface area contributed by atoms with Crippen molar-refractivity contribution in [3.8, 4) is 0 Å². The Bertz CT molecular complexity index is 279. The molecule has 5 nitrogen and oxygen atoms in total. The number of ether oxygens (including phenoxy) is 1. The molecule has 2 unspecified atom stereocenters. The Morgan fingerprint density at radius 2 is 2.00 bits per heavy atom. The Morgan fingerprint density at radius 1 is 1.41 bits per heavy atom. The molecule has 1 fully saturated rings. The van der Waals surface area contributed by atoms with Crippen LogP contribution < -0.4 is 0 Å². The van der Waals surface area contributed by atoms with Crippen molar-refractivity contribution < 1.29 is 19.7 Å². The number of hydrogen-bond donors (Lipinski definition) is 2. The summed E-state index contributed by atoms with van der Waals surface area (Å²) in [5, 5.41) is 19.6. The van der Waals surface area contributed by atoms with Gasteiger partial charge in [-0.2, -0.15) is 0 Å². The standard InChI is InChI=1S/C6H13NO2.C5H10O2.In/c1-6(2,3)9-5(8)7-4;1-2-3-5(7)4-6;/h1-4H3,(H,7,8);4-7H,1-3H2;/q;;+1/p-1. The summed E-state index contributed by atoms with van der Waals surface area (Å²) in [4.78, 5) is 11.9. The van der Waals surface area contributed by atoms with Crippen LogP contribution in [0.4, 0.5) is 4.79 Å². The molecule has 1 aliphatic rings. The van der Waals surface area contributed by atoms with Crippen LogP contribution in [0.5, 0.6) is 0 Å². The summed E-state index contributed by atoms with van der Waals surface area (Å²) in [5.74, 6) is 0. The fourth-order valence-corrected chi connectivity index (χ4v) is 10.2. The Morgan fingerprint density at radius 3 is 2.53 bits per heavy atom. The van der Waals surface area contributed by atoms with E-state index in [-0.39, 0.29) is 6.09 Å². The van der Waals surface area contributed by atoms with Gasteiger partial charge in [0.15, 0.2) is 0 Å². The predicted molar refractivity (Wildman–Crippen MR) is 65.8 cm³/mol. The topological polar surface area (TPSA) is 70.0 Å². The number of aliphatic hydroxyl groups is 2. The van der Waals surface area contributed by atoms with Gasteiger partial charge >= 0.3 is 111 Å². The van der Waals surface area contributed by atoms with Crippen molar-refractivity contribution in [2.24, 2.45) is 0 Å². The molecule has 6 heteroatoms. The summed E-state index contributed by atoms with van der Waals surface area (Å²) >= 11 is -2.62. The fourth-order valence-electron chi connectivity index (χ4n) is 2.03. The Kier molecular flexibility index (Phi) is 5.16. The summed E-state index contributed by atoms with van der Waals surface area (Å²) in [6.07, 6.45) is 0.504. The van der Waals surface area contributed by atoms with E-state index in [2.05, 4.69) is 0 Å². The molecule has 0 aromatic rings. The zero-order chi connectivity index (χ0) is 13.2. The van der Waals surface area contributed by atoms with Crippen LogP contribution in [0.3, 0.4) is 0 Å². The van der Waals surface area contributed by atoms with Crippen molar-refractivity contribution in [2.75, 3.05) is 7.05 Å². The number of rotatable bonds is 1. The van der Waals surface area contributed by atoms with Gasteiger partial charge in [-0.3, -0.25) is 0 Å². The number of nitrogens with zero attached hydrogens (tertiary/aromatic N) is 1. The van der Waals surface area contributed by atoms with Crippen LogP contribution in [0, 0.1) is 0 Å². The first-order valence-corrected chi connectivity index (χ1v) is 11.7. The zero-order valence-electron chi connectivity index (χ0n) is 11.0. The molecule has 0 saturated carbocycles. The molecule has 1 heterocycles. The molecule has 98 valence electrons. The van der Waals surface area contributed by atoms with Crippen LogP contribution >= 0.6 is 0 Å². The quantitative estimate of drug-likeness (QED) is 0.740.